The molecule has 0 saturated heterocycles. The predicted molar refractivity (Wildman–Crippen MR) is 158 cm³/mol. The lowest BCUT2D eigenvalue weighted by Gasteiger charge is -2.34. The molecular weight excluding hydrogens is 557 g/mol. The van der Waals surface area contributed by atoms with E-state index < -0.39 is 28.5 Å². The summed E-state index contributed by atoms with van der Waals surface area (Å²) in [5.74, 6) is -0.876. The van der Waals surface area contributed by atoms with Gasteiger partial charge in [0.15, 0.2) is 0 Å². The van der Waals surface area contributed by atoms with Crippen LogP contribution >= 0.6 is 23.2 Å². The van der Waals surface area contributed by atoms with Gasteiger partial charge in [-0.2, -0.15) is 0 Å². The van der Waals surface area contributed by atoms with E-state index in [0.717, 1.165) is 16.1 Å². The van der Waals surface area contributed by atoms with Crippen LogP contribution < -0.4 is 9.62 Å². The van der Waals surface area contributed by atoms with E-state index in [1.165, 1.54) is 4.90 Å². The molecule has 10 heteroatoms. The number of carbonyl (C=O) groups excluding carboxylic acids is 2. The number of carbonyl (C=O) groups is 2. The SMILES string of the molecule is Cc1ccccc1N(CC(=O)N(Cc1ccc(Cl)c(Cl)c1)[C@@H](Cc1ccccc1)C(=O)NC(C)C)S(C)(=O)=O. The molecular formula is C29H33Cl2N3O4S. The number of anilines is 1. The zero-order valence-corrected chi connectivity index (χ0v) is 24.7. The molecule has 1 atom stereocenters. The highest BCUT2D eigenvalue weighted by Crippen LogP contribution is 2.26. The molecule has 0 aliphatic carbocycles. The average Bonchev–Trinajstić information content (AvgIpc) is 2.86. The van der Waals surface area contributed by atoms with Crippen molar-refractivity contribution in [2.45, 2.75) is 45.8 Å². The Morgan fingerprint density at radius 1 is 0.897 bits per heavy atom. The number of rotatable bonds is 11. The molecule has 0 aromatic heterocycles. The van der Waals surface area contributed by atoms with Gasteiger partial charge in [-0.25, -0.2) is 8.42 Å². The first-order valence-electron chi connectivity index (χ1n) is 12.5. The van der Waals surface area contributed by atoms with Gasteiger partial charge in [-0.3, -0.25) is 13.9 Å². The molecule has 2 amide bonds. The summed E-state index contributed by atoms with van der Waals surface area (Å²) < 4.78 is 26.8. The third-order valence-corrected chi connectivity index (χ3v) is 7.97. The zero-order valence-electron chi connectivity index (χ0n) is 22.4. The highest BCUT2D eigenvalue weighted by atomic mass is 35.5. The van der Waals surface area contributed by atoms with Gasteiger partial charge >= 0.3 is 0 Å². The minimum Gasteiger partial charge on any atom is -0.352 e. The number of nitrogens with one attached hydrogen (secondary N) is 1. The smallest absolute Gasteiger partial charge is 0.244 e. The largest absolute Gasteiger partial charge is 0.352 e. The van der Waals surface area contributed by atoms with Crippen molar-refractivity contribution in [3.8, 4) is 0 Å². The third kappa shape index (κ3) is 8.46. The summed E-state index contributed by atoms with van der Waals surface area (Å²) in [6, 6.07) is 20.2. The molecule has 3 rings (SSSR count). The minimum atomic E-state index is -3.83. The molecule has 0 bridgehead atoms. The van der Waals surface area contributed by atoms with Gasteiger partial charge in [0, 0.05) is 19.0 Å². The summed E-state index contributed by atoms with van der Waals surface area (Å²) in [5, 5.41) is 3.59. The fourth-order valence-corrected chi connectivity index (χ4v) is 5.44. The second kappa shape index (κ2) is 13.3. The zero-order chi connectivity index (χ0) is 28.7. The third-order valence-electron chi connectivity index (χ3n) is 6.10. The van der Waals surface area contributed by atoms with E-state index in [4.69, 9.17) is 23.2 Å². The van der Waals surface area contributed by atoms with E-state index in [9.17, 15) is 18.0 Å². The van der Waals surface area contributed by atoms with Crippen molar-refractivity contribution in [1.29, 1.82) is 0 Å². The number of aryl methyl sites for hydroxylation is 1. The molecule has 3 aromatic rings. The second-order valence-electron chi connectivity index (χ2n) is 9.70. The first kappa shape index (κ1) is 30.5. The molecule has 39 heavy (non-hydrogen) atoms. The van der Waals surface area contributed by atoms with E-state index in [2.05, 4.69) is 5.32 Å². The highest BCUT2D eigenvalue weighted by molar-refractivity contribution is 7.92. The molecule has 0 radical (unpaired) electrons. The molecule has 0 aliphatic heterocycles. The molecule has 0 unspecified atom stereocenters. The van der Waals surface area contributed by atoms with Gasteiger partial charge in [-0.15, -0.1) is 0 Å². The Morgan fingerprint density at radius 2 is 1.54 bits per heavy atom. The lowest BCUT2D eigenvalue weighted by molar-refractivity contribution is -0.140. The van der Waals surface area contributed by atoms with Gasteiger partial charge in [0.05, 0.1) is 22.0 Å². The molecule has 208 valence electrons. The van der Waals surface area contributed by atoms with E-state index in [-0.39, 0.29) is 24.9 Å². The summed E-state index contributed by atoms with van der Waals surface area (Å²) in [6.45, 7) is 4.99. The Morgan fingerprint density at radius 3 is 2.13 bits per heavy atom. The van der Waals surface area contributed by atoms with E-state index >= 15 is 0 Å². The number of halogens is 2. The summed E-state index contributed by atoms with van der Waals surface area (Å²) in [5.41, 5.74) is 2.60. The topological polar surface area (TPSA) is 86.8 Å². The van der Waals surface area contributed by atoms with Crippen LogP contribution in [0.5, 0.6) is 0 Å². The molecule has 0 fully saturated rings. The maximum Gasteiger partial charge on any atom is 0.244 e. The van der Waals surface area contributed by atoms with Crippen LogP contribution in [-0.4, -0.2) is 50.0 Å². The van der Waals surface area contributed by atoms with Crippen LogP contribution in [0.25, 0.3) is 0 Å². The van der Waals surface area contributed by atoms with Gasteiger partial charge in [0.25, 0.3) is 0 Å². The van der Waals surface area contributed by atoms with Gasteiger partial charge in [0.2, 0.25) is 21.8 Å². The molecule has 3 aromatic carbocycles. The molecule has 0 saturated carbocycles. The van der Waals surface area contributed by atoms with Crippen molar-refractivity contribution >= 4 is 50.7 Å². The molecule has 0 heterocycles. The Bertz CT molecular complexity index is 1420. The van der Waals surface area contributed by atoms with Crippen LogP contribution in [0.1, 0.15) is 30.5 Å². The van der Waals surface area contributed by atoms with Gasteiger partial charge < -0.3 is 10.2 Å². The maximum absolute atomic E-state index is 14.0. The molecule has 0 aliphatic rings. The fourth-order valence-electron chi connectivity index (χ4n) is 4.21. The fraction of sp³-hybridized carbons (Fsp3) is 0.310. The lowest BCUT2D eigenvalue weighted by Crippen LogP contribution is -2.54. The van der Waals surface area contributed by atoms with Crippen molar-refractivity contribution in [1.82, 2.24) is 10.2 Å². The average molecular weight is 591 g/mol. The number of amides is 2. The van der Waals surface area contributed by atoms with Crippen LogP contribution in [0.2, 0.25) is 10.0 Å². The second-order valence-corrected chi connectivity index (χ2v) is 12.4. The molecule has 1 N–H and O–H groups in total. The van der Waals surface area contributed by atoms with Gasteiger partial charge in [-0.05, 0) is 55.7 Å². The first-order valence-corrected chi connectivity index (χ1v) is 15.1. The summed E-state index contributed by atoms with van der Waals surface area (Å²) in [7, 11) is -3.83. The number of hydrogen-bond donors (Lipinski definition) is 1. The van der Waals surface area contributed by atoms with Crippen molar-refractivity contribution in [3.05, 3.63) is 99.5 Å². The van der Waals surface area contributed by atoms with Crippen LogP contribution in [0, 0.1) is 6.92 Å². The van der Waals surface area contributed by atoms with Crippen LogP contribution in [0.15, 0.2) is 72.8 Å². The predicted octanol–water partition coefficient (Wildman–Crippen LogP) is 5.23. The number of para-hydroxylation sites is 1. The Kier molecular flexibility index (Phi) is 10.4. The number of sulfonamides is 1. The number of benzene rings is 3. The summed E-state index contributed by atoms with van der Waals surface area (Å²) >= 11 is 12.4. The maximum atomic E-state index is 14.0. The van der Waals surface area contributed by atoms with Crippen LogP contribution in [0.3, 0.4) is 0 Å². The Balaban J connectivity index is 2.08. The highest BCUT2D eigenvalue weighted by Gasteiger charge is 2.33. The minimum absolute atomic E-state index is 0.0180. The van der Waals surface area contributed by atoms with Gasteiger partial charge in [-0.1, -0.05) is 77.8 Å². The monoisotopic (exact) mass is 589 g/mol. The quantitative estimate of drug-likeness (QED) is 0.331. The lowest BCUT2D eigenvalue weighted by atomic mass is 10.0. The van der Waals surface area contributed by atoms with Crippen molar-refractivity contribution < 1.29 is 18.0 Å². The number of nitrogens with zero attached hydrogens (tertiary/aromatic N) is 2. The van der Waals surface area contributed by atoms with Crippen molar-refractivity contribution in [3.63, 3.8) is 0 Å². The summed E-state index contributed by atoms with van der Waals surface area (Å²) in [6.07, 6.45) is 1.29. The summed E-state index contributed by atoms with van der Waals surface area (Å²) in [4.78, 5) is 29.0. The van der Waals surface area contributed by atoms with E-state index in [1.807, 2.05) is 44.2 Å². The normalized spacial score (nSPS) is 12.2. The molecule has 0 spiro atoms. The van der Waals surface area contributed by atoms with Crippen LogP contribution in [0.4, 0.5) is 5.69 Å². The Hall–Kier alpha value is -3.07. The van der Waals surface area contributed by atoms with E-state index in [0.29, 0.717) is 26.9 Å². The van der Waals surface area contributed by atoms with Gasteiger partial charge in [0.1, 0.15) is 12.6 Å². The van der Waals surface area contributed by atoms with Crippen molar-refractivity contribution in [2.75, 3.05) is 17.1 Å². The Labute approximate surface area is 240 Å². The standard InChI is InChI=1S/C29H33Cl2N3O4S/c1-20(2)32-29(36)27(17-22-11-6-5-7-12-22)33(18-23-14-15-24(30)25(31)16-23)28(35)19-34(39(4,37)38)26-13-9-8-10-21(26)3/h5-16,20,27H,17-19H2,1-4H3,(H,32,36)/t27-/m0/s1. The first-order chi connectivity index (χ1) is 18.4. The van der Waals surface area contributed by atoms with E-state index in [1.54, 1.807) is 49.4 Å². The van der Waals surface area contributed by atoms with Crippen molar-refractivity contribution in [2.24, 2.45) is 0 Å². The van der Waals surface area contributed by atoms with Crippen LogP contribution in [-0.2, 0) is 32.6 Å². The number of hydrogen-bond acceptors (Lipinski definition) is 4. The molecule has 7 nitrogen and oxygen atoms in total.